The molecule has 0 atom stereocenters. The Hall–Kier alpha value is -2.39. The maximum Gasteiger partial charge on any atom is 0.269 e. The van der Waals surface area contributed by atoms with Crippen LogP contribution >= 0.6 is 24.8 Å². The molecule has 3 N–H and O–H groups in total. The summed E-state index contributed by atoms with van der Waals surface area (Å²) in [6.07, 6.45) is 1.51. The Bertz CT molecular complexity index is 806. The minimum Gasteiger partial charge on any atom is -0.457 e. The summed E-state index contributed by atoms with van der Waals surface area (Å²) < 4.78 is 10.8. The molecule has 0 aliphatic carbocycles. The van der Waals surface area contributed by atoms with E-state index in [9.17, 15) is 9.59 Å². The van der Waals surface area contributed by atoms with Gasteiger partial charge in [-0.3, -0.25) is 14.6 Å². The van der Waals surface area contributed by atoms with Crippen LogP contribution < -0.4 is 20.7 Å². The van der Waals surface area contributed by atoms with E-state index in [1.807, 2.05) is 13.0 Å². The molecule has 0 aliphatic rings. The van der Waals surface area contributed by atoms with Crippen LogP contribution in [0.1, 0.15) is 16.1 Å². The molecule has 29 heavy (non-hydrogen) atoms. The summed E-state index contributed by atoms with van der Waals surface area (Å²) in [4.78, 5) is 27.7. The van der Waals surface area contributed by atoms with Gasteiger partial charge in [0.25, 0.3) is 5.91 Å². The number of hydrogen-bond acceptors (Lipinski definition) is 6. The van der Waals surface area contributed by atoms with Gasteiger partial charge in [-0.1, -0.05) is 6.07 Å². The molecule has 0 bridgehead atoms. The third-order valence-electron chi connectivity index (χ3n) is 3.66. The molecule has 1 aromatic carbocycles. The zero-order valence-electron chi connectivity index (χ0n) is 16.5. The molecule has 0 aliphatic heterocycles. The number of hydrogen-bond donors (Lipinski definition) is 3. The highest BCUT2D eigenvalue weighted by molar-refractivity contribution is 5.93. The molecule has 0 spiro atoms. The van der Waals surface area contributed by atoms with E-state index >= 15 is 0 Å². The lowest BCUT2D eigenvalue weighted by Gasteiger charge is -2.12. The number of aryl methyl sites for hydroxylation is 1. The second kappa shape index (κ2) is 13.7. The molecule has 0 fully saturated rings. The number of ether oxygens (including phenoxy) is 2. The Morgan fingerprint density at radius 2 is 1.90 bits per heavy atom. The van der Waals surface area contributed by atoms with E-state index in [0.717, 1.165) is 5.56 Å². The second-order valence-electron chi connectivity index (χ2n) is 5.76. The Morgan fingerprint density at radius 3 is 2.59 bits per heavy atom. The number of halogens is 2. The number of nitrogens with one attached hydrogen (secondary N) is 3. The molecule has 0 saturated carbocycles. The van der Waals surface area contributed by atoms with Gasteiger partial charge >= 0.3 is 0 Å². The van der Waals surface area contributed by atoms with Crippen LogP contribution in [-0.2, 0) is 9.53 Å². The fraction of sp³-hybridized carbons (Fsp3) is 0.316. The number of aromatic nitrogens is 1. The van der Waals surface area contributed by atoms with Crippen molar-refractivity contribution >= 4 is 42.3 Å². The SMILES string of the molecule is CNC(=O)c1cc(Oc2cc(NC(=O)CNCCOC)ccc2C)ccn1.Cl.Cl. The first-order valence-electron chi connectivity index (χ1n) is 8.49. The molecule has 2 aromatic rings. The van der Waals surface area contributed by atoms with Gasteiger partial charge < -0.3 is 25.4 Å². The Balaban J connectivity index is 0.00000392. The van der Waals surface area contributed by atoms with Crippen LogP contribution in [0.25, 0.3) is 0 Å². The normalized spacial score (nSPS) is 9.62. The van der Waals surface area contributed by atoms with Crippen LogP contribution in [0.4, 0.5) is 5.69 Å². The van der Waals surface area contributed by atoms with Gasteiger partial charge in [0.15, 0.2) is 0 Å². The Labute approximate surface area is 182 Å². The summed E-state index contributed by atoms with van der Waals surface area (Å²) in [5.74, 6) is 0.608. The predicted octanol–water partition coefficient (Wildman–Crippen LogP) is 2.56. The zero-order valence-corrected chi connectivity index (χ0v) is 18.1. The van der Waals surface area contributed by atoms with E-state index in [1.54, 1.807) is 31.4 Å². The number of nitrogens with zero attached hydrogens (tertiary/aromatic N) is 1. The topological polar surface area (TPSA) is 102 Å². The van der Waals surface area contributed by atoms with Crippen LogP contribution in [0.2, 0.25) is 0 Å². The van der Waals surface area contributed by atoms with Crippen molar-refractivity contribution in [1.82, 2.24) is 15.6 Å². The zero-order chi connectivity index (χ0) is 19.6. The van der Waals surface area contributed by atoms with Crippen LogP contribution in [0, 0.1) is 6.92 Å². The third kappa shape index (κ3) is 8.66. The van der Waals surface area contributed by atoms with Crippen molar-refractivity contribution < 1.29 is 19.1 Å². The minimum atomic E-state index is -0.292. The number of carbonyl (C=O) groups is 2. The molecule has 0 unspecified atom stereocenters. The highest BCUT2D eigenvalue weighted by Crippen LogP contribution is 2.28. The van der Waals surface area contributed by atoms with E-state index in [4.69, 9.17) is 9.47 Å². The molecule has 2 rings (SSSR count). The van der Waals surface area contributed by atoms with Gasteiger partial charge in [-0.2, -0.15) is 0 Å². The molecule has 8 nitrogen and oxygen atoms in total. The molecule has 160 valence electrons. The van der Waals surface area contributed by atoms with Crippen molar-refractivity contribution in [3.05, 3.63) is 47.8 Å². The quantitative estimate of drug-likeness (QED) is 0.513. The number of rotatable bonds is 9. The van der Waals surface area contributed by atoms with E-state index in [1.165, 1.54) is 13.2 Å². The van der Waals surface area contributed by atoms with Crippen molar-refractivity contribution in [2.75, 3.05) is 39.2 Å². The van der Waals surface area contributed by atoms with Crippen molar-refractivity contribution in [1.29, 1.82) is 0 Å². The molecule has 1 aromatic heterocycles. The molecule has 1 heterocycles. The third-order valence-corrected chi connectivity index (χ3v) is 3.66. The fourth-order valence-corrected chi connectivity index (χ4v) is 2.22. The van der Waals surface area contributed by atoms with Gasteiger partial charge in [0.05, 0.1) is 13.2 Å². The Morgan fingerprint density at radius 1 is 1.14 bits per heavy atom. The van der Waals surface area contributed by atoms with Crippen molar-refractivity contribution in [3.63, 3.8) is 0 Å². The summed E-state index contributed by atoms with van der Waals surface area (Å²) in [6.45, 7) is 3.23. The molecular weight excluding hydrogens is 419 g/mol. The summed E-state index contributed by atoms with van der Waals surface area (Å²) in [5.41, 5.74) is 1.78. The summed E-state index contributed by atoms with van der Waals surface area (Å²) in [5, 5.41) is 8.31. The first kappa shape index (κ1) is 26.6. The Kier molecular flexibility index (Phi) is 12.6. The van der Waals surface area contributed by atoms with Crippen molar-refractivity contribution in [3.8, 4) is 11.5 Å². The number of amides is 2. The highest BCUT2D eigenvalue weighted by atomic mass is 35.5. The maximum atomic E-state index is 12.0. The summed E-state index contributed by atoms with van der Waals surface area (Å²) in [7, 11) is 3.15. The van der Waals surface area contributed by atoms with Gasteiger partial charge in [-0.05, 0) is 24.6 Å². The predicted molar refractivity (Wildman–Crippen MR) is 117 cm³/mol. The van der Waals surface area contributed by atoms with Gasteiger partial charge in [-0.25, -0.2) is 0 Å². The summed E-state index contributed by atoms with van der Waals surface area (Å²) in [6, 6.07) is 8.62. The molecule has 2 amide bonds. The smallest absolute Gasteiger partial charge is 0.269 e. The maximum absolute atomic E-state index is 12.0. The highest BCUT2D eigenvalue weighted by Gasteiger charge is 2.09. The minimum absolute atomic E-state index is 0. The van der Waals surface area contributed by atoms with Crippen molar-refractivity contribution in [2.45, 2.75) is 6.92 Å². The average molecular weight is 445 g/mol. The number of carbonyl (C=O) groups excluding carboxylic acids is 2. The van der Waals surface area contributed by atoms with Gasteiger partial charge in [-0.15, -0.1) is 24.8 Å². The van der Waals surface area contributed by atoms with Crippen LogP contribution in [0.15, 0.2) is 36.5 Å². The van der Waals surface area contributed by atoms with E-state index in [-0.39, 0.29) is 48.9 Å². The molecule has 0 saturated heterocycles. The molecule has 0 radical (unpaired) electrons. The lowest BCUT2D eigenvalue weighted by Crippen LogP contribution is -2.30. The van der Waals surface area contributed by atoms with Gasteiger partial charge in [0.1, 0.15) is 17.2 Å². The standard InChI is InChI=1S/C19H24N4O4.2ClH/c1-13-4-5-14(23-18(24)12-21-8-9-26-3)10-17(13)27-15-6-7-22-16(11-15)19(25)20-2;;/h4-7,10-11,21H,8-9,12H2,1-3H3,(H,20,25)(H,23,24);2*1H. The number of anilines is 1. The van der Waals surface area contributed by atoms with Crippen LogP contribution in [0.5, 0.6) is 11.5 Å². The largest absolute Gasteiger partial charge is 0.457 e. The number of benzene rings is 1. The molecule has 10 heteroatoms. The van der Waals surface area contributed by atoms with Gasteiger partial charge in [0, 0.05) is 44.7 Å². The first-order valence-corrected chi connectivity index (χ1v) is 8.49. The fourth-order valence-electron chi connectivity index (χ4n) is 2.22. The van der Waals surface area contributed by atoms with Crippen molar-refractivity contribution in [2.24, 2.45) is 0 Å². The second-order valence-corrected chi connectivity index (χ2v) is 5.76. The molecular formula is C19H26Cl2N4O4. The number of pyridine rings is 1. The number of methoxy groups -OCH3 is 1. The van der Waals surface area contributed by atoms with E-state index < -0.39 is 0 Å². The van der Waals surface area contributed by atoms with E-state index in [2.05, 4.69) is 20.9 Å². The van der Waals surface area contributed by atoms with Gasteiger partial charge in [0.2, 0.25) is 5.91 Å². The van der Waals surface area contributed by atoms with E-state index in [0.29, 0.717) is 30.3 Å². The lowest BCUT2D eigenvalue weighted by atomic mass is 10.2. The average Bonchev–Trinajstić information content (AvgIpc) is 2.67. The van der Waals surface area contributed by atoms with Crippen LogP contribution in [0.3, 0.4) is 0 Å². The van der Waals surface area contributed by atoms with Crippen LogP contribution in [-0.4, -0.2) is 50.7 Å². The monoisotopic (exact) mass is 444 g/mol. The summed E-state index contributed by atoms with van der Waals surface area (Å²) >= 11 is 0. The first-order chi connectivity index (χ1) is 13.0. The lowest BCUT2D eigenvalue weighted by molar-refractivity contribution is -0.115.